The predicted octanol–water partition coefficient (Wildman–Crippen LogP) is 2.35. The van der Waals surface area contributed by atoms with Gasteiger partial charge in [0.05, 0.1) is 17.2 Å². The van der Waals surface area contributed by atoms with Crippen molar-refractivity contribution in [3.05, 3.63) is 35.6 Å². The number of hydrogen-bond donors (Lipinski definition) is 1. The summed E-state index contributed by atoms with van der Waals surface area (Å²) in [5.74, 6) is -0.137. The van der Waals surface area contributed by atoms with Gasteiger partial charge < -0.3 is 9.52 Å². The monoisotopic (exact) mass is 186 g/mol. The van der Waals surface area contributed by atoms with E-state index in [0.29, 0.717) is 16.5 Å². The van der Waals surface area contributed by atoms with Gasteiger partial charge in [-0.2, -0.15) is 0 Å². The summed E-state index contributed by atoms with van der Waals surface area (Å²) in [6, 6.07) is 3.41. The molecule has 0 atom stereocenters. The second kappa shape index (κ2) is 2.26. The topological polar surface area (TPSA) is 50.4 Å². The molecule has 0 amide bonds. The van der Waals surface area contributed by atoms with E-state index >= 15 is 0 Å². The lowest BCUT2D eigenvalue weighted by Gasteiger charge is -2.01. The number of phenols is 1. The number of benzene rings is 1. The highest BCUT2D eigenvalue weighted by Crippen LogP contribution is 2.36. The molecule has 14 heavy (non-hydrogen) atoms. The molecule has 0 saturated carbocycles. The van der Waals surface area contributed by atoms with Gasteiger partial charge in [-0.15, -0.1) is 0 Å². The average Bonchev–Trinajstić information content (AvgIpc) is 2.74. The standard InChI is InChI=1S/C11H6O3/c12-8-2-1-6-5-9-7(3-4-14-9)11(13)10(6)8/h1-5,13H. The molecule has 1 N–H and O–H groups in total. The van der Waals surface area contributed by atoms with Gasteiger partial charge in [0.15, 0.2) is 5.78 Å². The SMILES string of the molecule is O=C1C=Cc2cc3occc3c(O)c21. The molecule has 0 spiro atoms. The molecule has 3 rings (SSSR count). The molecular weight excluding hydrogens is 180 g/mol. The van der Waals surface area contributed by atoms with Crippen molar-refractivity contribution in [1.29, 1.82) is 0 Å². The lowest BCUT2D eigenvalue weighted by molar-refractivity contribution is 0.104. The van der Waals surface area contributed by atoms with Crippen molar-refractivity contribution < 1.29 is 14.3 Å². The second-order valence-corrected chi connectivity index (χ2v) is 3.22. The van der Waals surface area contributed by atoms with Crippen molar-refractivity contribution in [3.63, 3.8) is 0 Å². The van der Waals surface area contributed by atoms with Crippen LogP contribution in [0.4, 0.5) is 0 Å². The van der Waals surface area contributed by atoms with Crippen LogP contribution in [-0.4, -0.2) is 10.9 Å². The summed E-state index contributed by atoms with van der Waals surface area (Å²) in [6.07, 6.45) is 4.62. The first-order valence-corrected chi connectivity index (χ1v) is 4.23. The molecule has 0 unspecified atom stereocenters. The minimum atomic E-state index is -0.152. The molecule has 2 aromatic rings. The van der Waals surface area contributed by atoms with E-state index in [1.807, 2.05) is 0 Å². The van der Waals surface area contributed by atoms with E-state index in [1.165, 1.54) is 12.3 Å². The van der Waals surface area contributed by atoms with E-state index in [-0.39, 0.29) is 11.5 Å². The molecule has 68 valence electrons. The molecule has 3 nitrogen and oxygen atoms in total. The Labute approximate surface area is 79.3 Å². The summed E-state index contributed by atoms with van der Waals surface area (Å²) >= 11 is 0. The van der Waals surface area contributed by atoms with Crippen molar-refractivity contribution in [3.8, 4) is 5.75 Å². The Kier molecular flexibility index (Phi) is 1.19. The van der Waals surface area contributed by atoms with E-state index < -0.39 is 0 Å². The number of phenolic OH excluding ortho intramolecular Hbond substituents is 1. The molecule has 3 heteroatoms. The average molecular weight is 186 g/mol. The Morgan fingerprint density at radius 2 is 2.14 bits per heavy atom. The van der Waals surface area contributed by atoms with Crippen LogP contribution < -0.4 is 0 Å². The van der Waals surface area contributed by atoms with E-state index in [4.69, 9.17) is 4.42 Å². The van der Waals surface area contributed by atoms with Gasteiger partial charge in [-0.05, 0) is 23.8 Å². The number of carbonyl (C=O) groups is 1. The van der Waals surface area contributed by atoms with Crippen molar-refractivity contribution >= 4 is 22.8 Å². The van der Waals surface area contributed by atoms with E-state index in [9.17, 15) is 9.90 Å². The maximum absolute atomic E-state index is 11.4. The molecule has 0 fully saturated rings. The Morgan fingerprint density at radius 1 is 1.29 bits per heavy atom. The highest BCUT2D eigenvalue weighted by Gasteiger charge is 2.21. The first-order valence-electron chi connectivity index (χ1n) is 4.23. The Morgan fingerprint density at radius 3 is 3.00 bits per heavy atom. The van der Waals surface area contributed by atoms with Crippen LogP contribution in [-0.2, 0) is 0 Å². The highest BCUT2D eigenvalue weighted by molar-refractivity contribution is 6.18. The summed E-state index contributed by atoms with van der Waals surface area (Å²) < 4.78 is 5.15. The first-order chi connectivity index (χ1) is 6.77. The summed E-state index contributed by atoms with van der Waals surface area (Å²) in [7, 11) is 0. The normalized spacial score (nSPS) is 13.9. The zero-order valence-corrected chi connectivity index (χ0v) is 7.15. The van der Waals surface area contributed by atoms with E-state index in [0.717, 1.165) is 5.56 Å². The van der Waals surface area contributed by atoms with Gasteiger partial charge in [0.1, 0.15) is 11.3 Å². The molecule has 1 aliphatic rings. The quantitative estimate of drug-likeness (QED) is 0.687. The van der Waals surface area contributed by atoms with Crippen LogP contribution in [0.1, 0.15) is 15.9 Å². The van der Waals surface area contributed by atoms with Crippen molar-refractivity contribution in [1.82, 2.24) is 0 Å². The van der Waals surface area contributed by atoms with Gasteiger partial charge in [0.2, 0.25) is 0 Å². The number of rotatable bonds is 0. The van der Waals surface area contributed by atoms with Gasteiger partial charge in [-0.3, -0.25) is 4.79 Å². The number of allylic oxidation sites excluding steroid dienone is 1. The number of fused-ring (bicyclic) bond motifs is 2. The third-order valence-electron chi connectivity index (χ3n) is 2.42. The fourth-order valence-electron chi connectivity index (χ4n) is 1.75. The summed E-state index contributed by atoms with van der Waals surface area (Å²) in [6.45, 7) is 0. The largest absolute Gasteiger partial charge is 0.506 e. The van der Waals surface area contributed by atoms with Crippen molar-refractivity contribution in [2.45, 2.75) is 0 Å². The van der Waals surface area contributed by atoms with Crippen LogP contribution in [0.2, 0.25) is 0 Å². The minimum absolute atomic E-state index is 0.0150. The molecule has 0 saturated heterocycles. The maximum Gasteiger partial charge on any atom is 0.190 e. The smallest absolute Gasteiger partial charge is 0.190 e. The van der Waals surface area contributed by atoms with Crippen LogP contribution in [0.25, 0.3) is 17.0 Å². The molecule has 1 aliphatic carbocycles. The third kappa shape index (κ3) is 0.738. The predicted molar refractivity (Wildman–Crippen MR) is 51.2 cm³/mol. The summed E-state index contributed by atoms with van der Waals surface area (Å²) in [4.78, 5) is 11.4. The number of hydrogen-bond acceptors (Lipinski definition) is 3. The fourth-order valence-corrected chi connectivity index (χ4v) is 1.75. The Bertz CT molecular complexity index is 575. The highest BCUT2D eigenvalue weighted by atomic mass is 16.3. The van der Waals surface area contributed by atoms with E-state index in [1.54, 1.807) is 18.2 Å². The lowest BCUT2D eigenvalue weighted by Crippen LogP contribution is -1.92. The van der Waals surface area contributed by atoms with Gasteiger partial charge >= 0.3 is 0 Å². The van der Waals surface area contributed by atoms with Crippen LogP contribution in [0, 0.1) is 0 Å². The first kappa shape index (κ1) is 7.38. The van der Waals surface area contributed by atoms with Crippen LogP contribution in [0.5, 0.6) is 5.75 Å². The summed E-state index contributed by atoms with van der Waals surface area (Å²) in [5, 5.41) is 10.4. The van der Waals surface area contributed by atoms with Crippen molar-refractivity contribution in [2.24, 2.45) is 0 Å². The van der Waals surface area contributed by atoms with Crippen LogP contribution in [0.15, 0.2) is 28.9 Å². The maximum atomic E-state index is 11.4. The van der Waals surface area contributed by atoms with Gasteiger partial charge in [-0.1, -0.05) is 6.08 Å². The molecule has 0 aliphatic heterocycles. The van der Waals surface area contributed by atoms with Crippen molar-refractivity contribution in [2.75, 3.05) is 0 Å². The number of ketones is 1. The number of furan rings is 1. The zero-order chi connectivity index (χ0) is 9.71. The molecule has 0 bridgehead atoms. The van der Waals surface area contributed by atoms with Gasteiger partial charge in [0.25, 0.3) is 0 Å². The number of aromatic hydroxyl groups is 1. The second-order valence-electron chi connectivity index (χ2n) is 3.22. The molecule has 0 radical (unpaired) electrons. The third-order valence-corrected chi connectivity index (χ3v) is 2.42. The van der Waals surface area contributed by atoms with Crippen LogP contribution in [0.3, 0.4) is 0 Å². The number of carbonyl (C=O) groups excluding carboxylic acids is 1. The van der Waals surface area contributed by atoms with Gasteiger partial charge in [-0.25, -0.2) is 0 Å². The molecular formula is C11H6O3. The Hall–Kier alpha value is -2.03. The molecule has 1 aromatic carbocycles. The molecule has 1 heterocycles. The Balaban J connectivity index is 2.52. The lowest BCUT2D eigenvalue weighted by atomic mass is 10.1. The van der Waals surface area contributed by atoms with Gasteiger partial charge in [0, 0.05) is 0 Å². The van der Waals surface area contributed by atoms with E-state index in [2.05, 4.69) is 0 Å². The minimum Gasteiger partial charge on any atom is -0.506 e. The van der Waals surface area contributed by atoms with Crippen LogP contribution >= 0.6 is 0 Å². The summed E-state index contributed by atoms with van der Waals surface area (Å²) in [5.41, 5.74) is 1.69. The molecule has 1 aromatic heterocycles. The fraction of sp³-hybridized carbons (Fsp3) is 0. The zero-order valence-electron chi connectivity index (χ0n) is 7.15.